The molecule has 0 radical (unpaired) electrons. The molecule has 1 unspecified atom stereocenters. The minimum absolute atomic E-state index is 0.0921. The van der Waals surface area contributed by atoms with Crippen LogP contribution in [0.2, 0.25) is 0 Å². The van der Waals surface area contributed by atoms with Gasteiger partial charge in [-0.3, -0.25) is 9.59 Å². The van der Waals surface area contributed by atoms with Gasteiger partial charge in [-0.2, -0.15) is 0 Å². The molecule has 1 N–H and O–H groups in total. The number of aromatic amines is 1. The van der Waals surface area contributed by atoms with Gasteiger partial charge in [0.15, 0.2) is 11.5 Å². The summed E-state index contributed by atoms with van der Waals surface area (Å²) < 4.78 is 22.0. The predicted octanol–water partition coefficient (Wildman–Crippen LogP) is 3.69. The molecule has 4 rings (SSSR count). The Morgan fingerprint density at radius 1 is 1.11 bits per heavy atom. The summed E-state index contributed by atoms with van der Waals surface area (Å²) in [6, 6.07) is 13.1. The van der Waals surface area contributed by atoms with Crippen LogP contribution in [0.25, 0.3) is 10.9 Å². The lowest BCUT2D eigenvalue weighted by Crippen LogP contribution is -2.40. The lowest BCUT2D eigenvalue weighted by atomic mass is 10.1. The van der Waals surface area contributed by atoms with E-state index in [-0.39, 0.29) is 18.0 Å². The summed E-state index contributed by atoms with van der Waals surface area (Å²) in [6.45, 7) is 3.69. The van der Waals surface area contributed by atoms with Crippen LogP contribution in [-0.4, -0.2) is 55.9 Å². The van der Waals surface area contributed by atoms with Crippen molar-refractivity contribution in [3.8, 4) is 17.2 Å². The molecular formula is C27H32N2O6. The van der Waals surface area contributed by atoms with Gasteiger partial charge in [-0.1, -0.05) is 6.07 Å². The molecule has 1 atom stereocenters. The molecule has 1 aliphatic rings. The summed E-state index contributed by atoms with van der Waals surface area (Å²) >= 11 is 0. The Kier molecular flexibility index (Phi) is 7.92. The fourth-order valence-electron chi connectivity index (χ4n) is 4.35. The maximum absolute atomic E-state index is 13.3. The molecule has 1 aromatic heterocycles. The highest BCUT2D eigenvalue weighted by molar-refractivity contribution is 5.82. The number of fused-ring (bicyclic) bond motifs is 1. The fourth-order valence-corrected chi connectivity index (χ4v) is 4.35. The number of carbonyl (C=O) groups excluding carboxylic acids is 1. The number of ether oxygens (including phenoxy) is 4. The van der Waals surface area contributed by atoms with Crippen molar-refractivity contribution in [3.63, 3.8) is 0 Å². The van der Waals surface area contributed by atoms with Crippen molar-refractivity contribution in [1.82, 2.24) is 9.88 Å². The van der Waals surface area contributed by atoms with Crippen molar-refractivity contribution in [1.29, 1.82) is 0 Å². The van der Waals surface area contributed by atoms with Gasteiger partial charge in [-0.05, 0) is 68.1 Å². The lowest BCUT2D eigenvalue weighted by molar-refractivity contribution is -0.141. The van der Waals surface area contributed by atoms with Crippen LogP contribution in [0.4, 0.5) is 0 Å². The number of pyridine rings is 1. The topological polar surface area (TPSA) is 90.1 Å². The van der Waals surface area contributed by atoms with Gasteiger partial charge in [0.2, 0.25) is 0 Å². The molecule has 0 saturated carbocycles. The molecule has 3 aromatic rings. The first kappa shape index (κ1) is 24.6. The molecule has 35 heavy (non-hydrogen) atoms. The third-order valence-corrected chi connectivity index (χ3v) is 6.20. The van der Waals surface area contributed by atoms with Crippen LogP contribution in [0.3, 0.4) is 0 Å². The molecule has 0 aliphatic carbocycles. The van der Waals surface area contributed by atoms with E-state index in [2.05, 4.69) is 4.98 Å². The number of hydrogen-bond acceptors (Lipinski definition) is 6. The minimum Gasteiger partial charge on any atom is -0.494 e. The zero-order valence-corrected chi connectivity index (χ0v) is 20.5. The van der Waals surface area contributed by atoms with Gasteiger partial charge < -0.3 is 28.8 Å². The van der Waals surface area contributed by atoms with Crippen LogP contribution < -0.4 is 19.8 Å². The van der Waals surface area contributed by atoms with Crippen LogP contribution >= 0.6 is 0 Å². The number of hydrogen-bond donors (Lipinski definition) is 1. The van der Waals surface area contributed by atoms with Crippen LogP contribution in [0.1, 0.15) is 30.9 Å². The van der Waals surface area contributed by atoms with Gasteiger partial charge in [0.05, 0.1) is 27.4 Å². The summed E-state index contributed by atoms with van der Waals surface area (Å²) in [7, 11) is 3.19. The average Bonchev–Trinajstić information content (AvgIpc) is 3.41. The second kappa shape index (κ2) is 11.3. The summed E-state index contributed by atoms with van der Waals surface area (Å²) in [5.41, 5.74) is 2.04. The van der Waals surface area contributed by atoms with Crippen molar-refractivity contribution in [2.24, 2.45) is 0 Å². The van der Waals surface area contributed by atoms with Crippen LogP contribution in [0.5, 0.6) is 17.2 Å². The number of rotatable bonds is 10. The molecule has 1 amide bonds. The molecule has 2 heterocycles. The SMILES string of the molecule is CCOc1ccc2[nH]c(=O)c(CN(CCc3ccc(OC)c(OC)c3)C(=O)C3CCCO3)cc2c1. The van der Waals surface area contributed by atoms with E-state index in [1.165, 1.54) is 0 Å². The Bertz CT molecular complexity index is 1230. The number of nitrogens with zero attached hydrogens (tertiary/aromatic N) is 1. The van der Waals surface area contributed by atoms with Gasteiger partial charge in [0.1, 0.15) is 11.9 Å². The van der Waals surface area contributed by atoms with E-state index in [9.17, 15) is 9.59 Å². The number of aromatic nitrogens is 1. The number of methoxy groups -OCH3 is 2. The molecule has 8 heteroatoms. The molecular weight excluding hydrogens is 448 g/mol. The molecule has 0 bridgehead atoms. The van der Waals surface area contributed by atoms with Crippen molar-refractivity contribution >= 4 is 16.8 Å². The van der Waals surface area contributed by atoms with E-state index in [0.29, 0.717) is 49.7 Å². The Morgan fingerprint density at radius 3 is 2.66 bits per heavy atom. The maximum atomic E-state index is 13.3. The Labute approximate surface area is 204 Å². The quantitative estimate of drug-likeness (QED) is 0.476. The summed E-state index contributed by atoms with van der Waals surface area (Å²) in [6.07, 6.45) is 1.68. The minimum atomic E-state index is -0.468. The second-order valence-corrected chi connectivity index (χ2v) is 8.51. The van der Waals surface area contributed by atoms with Gasteiger partial charge in [0, 0.05) is 29.6 Å². The predicted molar refractivity (Wildman–Crippen MR) is 133 cm³/mol. The van der Waals surface area contributed by atoms with Gasteiger partial charge in [0.25, 0.3) is 11.5 Å². The molecule has 1 saturated heterocycles. The summed E-state index contributed by atoms with van der Waals surface area (Å²) in [5, 5.41) is 0.856. The van der Waals surface area contributed by atoms with E-state index >= 15 is 0 Å². The molecule has 2 aromatic carbocycles. The van der Waals surface area contributed by atoms with Crippen molar-refractivity contribution in [2.45, 2.75) is 38.8 Å². The summed E-state index contributed by atoms with van der Waals surface area (Å²) in [4.78, 5) is 30.8. The first-order valence-electron chi connectivity index (χ1n) is 11.9. The number of carbonyl (C=O) groups is 1. The maximum Gasteiger partial charge on any atom is 0.253 e. The van der Waals surface area contributed by atoms with Gasteiger partial charge in [-0.15, -0.1) is 0 Å². The molecule has 8 nitrogen and oxygen atoms in total. The third-order valence-electron chi connectivity index (χ3n) is 6.20. The van der Waals surface area contributed by atoms with Crippen LogP contribution in [0, 0.1) is 0 Å². The zero-order chi connectivity index (χ0) is 24.8. The van der Waals surface area contributed by atoms with E-state index < -0.39 is 6.10 Å². The van der Waals surface area contributed by atoms with E-state index in [1.807, 2.05) is 49.4 Å². The van der Waals surface area contributed by atoms with Crippen molar-refractivity contribution in [3.05, 3.63) is 63.9 Å². The van der Waals surface area contributed by atoms with Crippen LogP contribution in [0.15, 0.2) is 47.3 Å². The highest BCUT2D eigenvalue weighted by atomic mass is 16.5. The average molecular weight is 481 g/mol. The van der Waals surface area contributed by atoms with E-state index in [4.69, 9.17) is 18.9 Å². The zero-order valence-electron chi connectivity index (χ0n) is 20.5. The smallest absolute Gasteiger partial charge is 0.253 e. The Morgan fingerprint density at radius 2 is 1.94 bits per heavy atom. The first-order valence-corrected chi connectivity index (χ1v) is 11.9. The molecule has 0 spiro atoms. The molecule has 1 aliphatic heterocycles. The number of benzene rings is 2. The standard InChI is InChI=1S/C27H32N2O6/c1-4-34-21-8-9-22-19(16-21)15-20(26(30)28-22)17-29(27(31)24-6-5-13-35-24)12-11-18-7-10-23(32-2)25(14-18)33-3/h7-10,14-16,24H,4-6,11-13,17H2,1-3H3,(H,28,30). The Hall–Kier alpha value is -3.52. The highest BCUT2D eigenvalue weighted by Crippen LogP contribution is 2.28. The van der Waals surface area contributed by atoms with E-state index in [0.717, 1.165) is 28.6 Å². The molecule has 1 fully saturated rings. The number of nitrogens with one attached hydrogen (secondary N) is 1. The lowest BCUT2D eigenvalue weighted by Gasteiger charge is -2.25. The fraction of sp³-hybridized carbons (Fsp3) is 0.407. The van der Waals surface area contributed by atoms with Gasteiger partial charge in [-0.25, -0.2) is 0 Å². The molecule has 186 valence electrons. The largest absolute Gasteiger partial charge is 0.494 e. The monoisotopic (exact) mass is 480 g/mol. The van der Waals surface area contributed by atoms with E-state index in [1.54, 1.807) is 19.1 Å². The van der Waals surface area contributed by atoms with Crippen molar-refractivity contribution < 1.29 is 23.7 Å². The number of amides is 1. The highest BCUT2D eigenvalue weighted by Gasteiger charge is 2.28. The number of H-pyrrole nitrogens is 1. The van der Waals surface area contributed by atoms with Crippen LogP contribution in [-0.2, 0) is 22.5 Å². The normalized spacial score (nSPS) is 15.2. The van der Waals surface area contributed by atoms with Gasteiger partial charge >= 0.3 is 0 Å². The van der Waals surface area contributed by atoms with Crippen molar-refractivity contribution in [2.75, 3.05) is 34.0 Å². The summed E-state index contributed by atoms with van der Waals surface area (Å²) in [5.74, 6) is 1.93. The Balaban J connectivity index is 1.59. The third kappa shape index (κ3) is 5.77. The second-order valence-electron chi connectivity index (χ2n) is 8.51. The first-order chi connectivity index (χ1) is 17.0.